The summed E-state index contributed by atoms with van der Waals surface area (Å²) < 4.78 is 5.44. The van der Waals surface area contributed by atoms with Crippen LogP contribution in [0, 0.1) is 0 Å². The van der Waals surface area contributed by atoms with Gasteiger partial charge in [-0.2, -0.15) is 0 Å². The van der Waals surface area contributed by atoms with Crippen LogP contribution in [0.3, 0.4) is 0 Å². The second-order valence-electron chi connectivity index (χ2n) is 4.52. The quantitative estimate of drug-likeness (QED) is 0.913. The van der Waals surface area contributed by atoms with Gasteiger partial charge in [0.25, 0.3) is 0 Å². The van der Waals surface area contributed by atoms with Crippen molar-refractivity contribution in [2.45, 2.75) is 12.3 Å². The molecular weight excluding hydrogens is 242 g/mol. The van der Waals surface area contributed by atoms with E-state index < -0.39 is 11.9 Å². The number of nitrogens with zero attached hydrogens (tertiary/aromatic N) is 1. The van der Waals surface area contributed by atoms with E-state index in [1.807, 2.05) is 18.2 Å². The van der Waals surface area contributed by atoms with Gasteiger partial charge in [0.15, 0.2) is 0 Å². The van der Waals surface area contributed by atoms with E-state index in [4.69, 9.17) is 4.74 Å². The minimum Gasteiger partial charge on any atom is -0.493 e. The van der Waals surface area contributed by atoms with E-state index >= 15 is 0 Å². The molecule has 0 saturated carbocycles. The van der Waals surface area contributed by atoms with Gasteiger partial charge in [0.1, 0.15) is 11.7 Å². The van der Waals surface area contributed by atoms with Crippen LogP contribution in [-0.4, -0.2) is 22.7 Å². The molecule has 0 radical (unpaired) electrons. The Balaban J connectivity index is 2.04. The number of aromatic nitrogens is 1. The molecule has 2 aromatic rings. The molecule has 1 unspecified atom stereocenters. The average molecular weight is 255 g/mol. The number of hydrogen-bond acceptors (Lipinski definition) is 3. The van der Waals surface area contributed by atoms with E-state index in [0.29, 0.717) is 12.2 Å². The Morgan fingerprint density at radius 1 is 1.32 bits per heavy atom. The fourth-order valence-electron chi connectivity index (χ4n) is 2.41. The van der Waals surface area contributed by atoms with Crippen molar-refractivity contribution in [3.05, 3.63) is 59.4 Å². The highest BCUT2D eigenvalue weighted by molar-refractivity contribution is 5.80. The van der Waals surface area contributed by atoms with Gasteiger partial charge >= 0.3 is 5.97 Å². The van der Waals surface area contributed by atoms with Crippen LogP contribution in [0.5, 0.6) is 5.75 Å². The van der Waals surface area contributed by atoms with Gasteiger partial charge in [0.05, 0.1) is 6.61 Å². The van der Waals surface area contributed by atoms with Gasteiger partial charge in [-0.1, -0.05) is 18.2 Å². The maximum Gasteiger partial charge on any atom is 0.315 e. The van der Waals surface area contributed by atoms with E-state index in [2.05, 4.69) is 4.98 Å². The number of carboxylic acid groups (broad SMARTS) is 1. The summed E-state index contributed by atoms with van der Waals surface area (Å²) in [6, 6.07) is 9.13. The Bertz CT molecular complexity index is 610. The molecule has 1 aromatic carbocycles. The number of benzene rings is 1. The maximum absolute atomic E-state index is 11.5. The molecule has 0 bridgehead atoms. The lowest BCUT2D eigenvalue weighted by Crippen LogP contribution is -2.13. The molecule has 1 atom stereocenters. The van der Waals surface area contributed by atoms with E-state index in [9.17, 15) is 9.90 Å². The molecule has 1 aromatic heterocycles. The van der Waals surface area contributed by atoms with Crippen molar-refractivity contribution in [3.63, 3.8) is 0 Å². The summed E-state index contributed by atoms with van der Waals surface area (Å²) in [7, 11) is 0. The van der Waals surface area contributed by atoms with E-state index in [1.165, 1.54) is 0 Å². The van der Waals surface area contributed by atoms with Crippen molar-refractivity contribution < 1.29 is 14.6 Å². The zero-order valence-electron chi connectivity index (χ0n) is 10.2. The summed E-state index contributed by atoms with van der Waals surface area (Å²) in [6.45, 7) is 0.670. The number of fused-ring (bicyclic) bond motifs is 1. The number of rotatable bonds is 3. The van der Waals surface area contributed by atoms with Crippen LogP contribution in [-0.2, 0) is 11.2 Å². The Morgan fingerprint density at radius 3 is 2.95 bits per heavy atom. The van der Waals surface area contributed by atoms with Crippen molar-refractivity contribution in [1.29, 1.82) is 0 Å². The summed E-state index contributed by atoms with van der Waals surface area (Å²) in [5, 5.41) is 9.47. The van der Waals surface area contributed by atoms with Gasteiger partial charge in [-0.3, -0.25) is 9.78 Å². The highest BCUT2D eigenvalue weighted by atomic mass is 16.5. The Labute approximate surface area is 110 Å². The first-order valence-electron chi connectivity index (χ1n) is 6.14. The van der Waals surface area contributed by atoms with Crippen LogP contribution in [0.15, 0.2) is 42.7 Å². The van der Waals surface area contributed by atoms with E-state index in [-0.39, 0.29) is 0 Å². The molecule has 2 heterocycles. The first-order valence-corrected chi connectivity index (χ1v) is 6.14. The van der Waals surface area contributed by atoms with Gasteiger partial charge in [-0.25, -0.2) is 0 Å². The second kappa shape index (κ2) is 4.72. The zero-order valence-corrected chi connectivity index (χ0v) is 10.2. The number of carboxylic acids is 1. The SMILES string of the molecule is O=C(O)C(c1cccnc1)c1ccc2c(c1)CCO2. The molecule has 4 nitrogen and oxygen atoms in total. The van der Waals surface area contributed by atoms with Crippen molar-refractivity contribution >= 4 is 5.97 Å². The van der Waals surface area contributed by atoms with Crippen LogP contribution in [0.2, 0.25) is 0 Å². The van der Waals surface area contributed by atoms with Gasteiger partial charge in [0.2, 0.25) is 0 Å². The molecule has 3 rings (SSSR count). The molecule has 0 aliphatic carbocycles. The Kier molecular flexibility index (Phi) is 2.91. The number of carbonyl (C=O) groups is 1. The number of ether oxygens (including phenoxy) is 1. The van der Waals surface area contributed by atoms with E-state index in [0.717, 1.165) is 23.3 Å². The summed E-state index contributed by atoms with van der Waals surface area (Å²) >= 11 is 0. The largest absolute Gasteiger partial charge is 0.493 e. The normalized spacial score (nSPS) is 14.5. The highest BCUT2D eigenvalue weighted by Crippen LogP contribution is 2.31. The fraction of sp³-hybridized carbons (Fsp3) is 0.200. The van der Waals surface area contributed by atoms with Crippen molar-refractivity contribution in [1.82, 2.24) is 4.98 Å². The molecule has 4 heteroatoms. The van der Waals surface area contributed by atoms with Gasteiger partial charge in [-0.15, -0.1) is 0 Å². The summed E-state index contributed by atoms with van der Waals surface area (Å²) in [5.74, 6) is -0.689. The Morgan fingerprint density at radius 2 is 2.21 bits per heavy atom. The standard InChI is InChI=1S/C15H13NO3/c17-15(18)14(12-2-1-6-16-9-12)11-3-4-13-10(8-11)5-7-19-13/h1-4,6,8-9,14H,5,7H2,(H,17,18). The molecule has 0 amide bonds. The highest BCUT2D eigenvalue weighted by Gasteiger charge is 2.24. The van der Waals surface area contributed by atoms with Crippen molar-refractivity contribution in [2.24, 2.45) is 0 Å². The molecular formula is C15H13NO3. The number of hydrogen-bond donors (Lipinski definition) is 1. The van der Waals surface area contributed by atoms with Crippen LogP contribution in [0.4, 0.5) is 0 Å². The minimum absolute atomic E-state index is 0.670. The van der Waals surface area contributed by atoms with Crippen LogP contribution >= 0.6 is 0 Å². The van der Waals surface area contributed by atoms with E-state index in [1.54, 1.807) is 24.5 Å². The zero-order chi connectivity index (χ0) is 13.2. The Hall–Kier alpha value is -2.36. The third-order valence-corrected chi connectivity index (χ3v) is 3.31. The summed E-state index contributed by atoms with van der Waals surface area (Å²) in [6.07, 6.45) is 4.07. The number of aliphatic carboxylic acids is 1. The van der Waals surface area contributed by atoms with Gasteiger partial charge in [0, 0.05) is 18.8 Å². The first kappa shape index (κ1) is 11.7. The summed E-state index contributed by atoms with van der Waals surface area (Å²) in [4.78, 5) is 15.5. The van der Waals surface area contributed by atoms with Crippen LogP contribution in [0.25, 0.3) is 0 Å². The molecule has 1 aliphatic rings. The fourth-order valence-corrected chi connectivity index (χ4v) is 2.41. The average Bonchev–Trinajstić information content (AvgIpc) is 2.87. The lowest BCUT2D eigenvalue weighted by Gasteiger charge is -2.13. The van der Waals surface area contributed by atoms with Gasteiger partial charge < -0.3 is 9.84 Å². The second-order valence-corrected chi connectivity index (χ2v) is 4.52. The first-order chi connectivity index (χ1) is 9.25. The van der Waals surface area contributed by atoms with Gasteiger partial charge in [-0.05, 0) is 28.8 Å². The summed E-state index contributed by atoms with van der Waals surface area (Å²) in [5.41, 5.74) is 2.53. The molecule has 1 aliphatic heterocycles. The van der Waals surface area contributed by atoms with Crippen molar-refractivity contribution in [3.8, 4) is 5.75 Å². The molecule has 1 N–H and O–H groups in total. The maximum atomic E-state index is 11.5. The van der Waals surface area contributed by atoms with Crippen LogP contribution in [0.1, 0.15) is 22.6 Å². The molecule has 0 fully saturated rings. The molecule has 0 saturated heterocycles. The third-order valence-electron chi connectivity index (χ3n) is 3.31. The topological polar surface area (TPSA) is 59.4 Å². The number of pyridine rings is 1. The predicted molar refractivity (Wildman–Crippen MR) is 69.4 cm³/mol. The monoisotopic (exact) mass is 255 g/mol. The predicted octanol–water partition coefficient (Wildman–Crippen LogP) is 2.23. The minimum atomic E-state index is -0.869. The lowest BCUT2D eigenvalue weighted by atomic mass is 9.91. The molecule has 0 spiro atoms. The molecule has 19 heavy (non-hydrogen) atoms. The van der Waals surface area contributed by atoms with Crippen molar-refractivity contribution in [2.75, 3.05) is 6.61 Å². The third kappa shape index (κ3) is 2.17. The van der Waals surface area contributed by atoms with Crippen LogP contribution < -0.4 is 4.74 Å². The lowest BCUT2D eigenvalue weighted by molar-refractivity contribution is -0.137. The smallest absolute Gasteiger partial charge is 0.315 e. The molecule has 96 valence electrons.